The van der Waals surface area contributed by atoms with E-state index in [1.807, 2.05) is 60.7 Å². The fraction of sp³-hybridized carbons (Fsp3) is 0.0526. The number of thioether (sulfide) groups is 1. The molecule has 0 saturated heterocycles. The molecule has 0 aromatic heterocycles. The van der Waals surface area contributed by atoms with Gasteiger partial charge in [0, 0.05) is 21.8 Å². The van der Waals surface area contributed by atoms with E-state index in [2.05, 4.69) is 16.0 Å². The van der Waals surface area contributed by atoms with Gasteiger partial charge in [-0.1, -0.05) is 78.9 Å². The number of aryl methyl sites for hydroxylation is 1. The first kappa shape index (κ1) is 32.5. The molecule has 0 aliphatic heterocycles. The van der Waals surface area contributed by atoms with Crippen LogP contribution in [0.4, 0.5) is 11.4 Å². The zero-order chi connectivity index (χ0) is 33.2. The van der Waals surface area contributed by atoms with E-state index in [4.69, 9.17) is 0 Å². The Bertz CT molecular complexity index is 1920. The lowest BCUT2D eigenvalue weighted by molar-refractivity contribution is -0.114. The van der Waals surface area contributed by atoms with Gasteiger partial charge in [-0.2, -0.15) is 0 Å². The van der Waals surface area contributed by atoms with Crippen molar-refractivity contribution in [2.24, 2.45) is 0 Å². The van der Waals surface area contributed by atoms with Gasteiger partial charge in [-0.3, -0.25) is 14.4 Å². The van der Waals surface area contributed by atoms with Crippen LogP contribution < -0.4 is 16.0 Å². The van der Waals surface area contributed by atoms with Crippen molar-refractivity contribution < 1.29 is 24.3 Å². The normalized spacial score (nSPS) is 11.0. The van der Waals surface area contributed by atoms with Crippen LogP contribution in [0, 0.1) is 6.92 Å². The quantitative estimate of drug-likeness (QED) is 0.0875. The first-order chi connectivity index (χ1) is 22.7. The molecule has 234 valence electrons. The molecular formula is C38H31N3O5S. The number of aromatic carboxylic acids is 1. The van der Waals surface area contributed by atoms with Gasteiger partial charge in [0.2, 0.25) is 5.91 Å². The third-order valence-electron chi connectivity index (χ3n) is 7.10. The summed E-state index contributed by atoms with van der Waals surface area (Å²) in [7, 11) is 0. The Kier molecular flexibility index (Phi) is 10.6. The largest absolute Gasteiger partial charge is 0.478 e. The first-order valence-electron chi connectivity index (χ1n) is 14.7. The molecule has 0 aliphatic carbocycles. The van der Waals surface area contributed by atoms with Crippen LogP contribution in [0.5, 0.6) is 0 Å². The number of hydrogen-bond acceptors (Lipinski definition) is 5. The minimum Gasteiger partial charge on any atom is -0.478 e. The minimum atomic E-state index is -1.07. The average Bonchev–Trinajstić information content (AvgIpc) is 3.09. The Labute approximate surface area is 276 Å². The average molecular weight is 642 g/mol. The Morgan fingerprint density at radius 1 is 0.702 bits per heavy atom. The molecule has 47 heavy (non-hydrogen) atoms. The van der Waals surface area contributed by atoms with Gasteiger partial charge in [0.05, 0.1) is 11.3 Å². The van der Waals surface area contributed by atoms with Crippen LogP contribution in [0.2, 0.25) is 0 Å². The molecule has 3 amide bonds. The number of anilines is 2. The van der Waals surface area contributed by atoms with Crippen LogP contribution in [-0.2, 0) is 9.59 Å². The van der Waals surface area contributed by atoms with Crippen LogP contribution in [0.25, 0.3) is 17.2 Å². The van der Waals surface area contributed by atoms with Gasteiger partial charge >= 0.3 is 5.97 Å². The van der Waals surface area contributed by atoms with Gasteiger partial charge in [0.15, 0.2) is 0 Å². The van der Waals surface area contributed by atoms with Crippen molar-refractivity contribution in [1.29, 1.82) is 0 Å². The van der Waals surface area contributed by atoms with E-state index in [1.54, 1.807) is 67.6 Å². The number of carbonyl (C=O) groups is 4. The zero-order valence-electron chi connectivity index (χ0n) is 25.4. The number of nitrogens with one attached hydrogen (secondary N) is 3. The van der Waals surface area contributed by atoms with E-state index in [-0.39, 0.29) is 22.9 Å². The summed E-state index contributed by atoms with van der Waals surface area (Å²) in [4.78, 5) is 51.1. The van der Waals surface area contributed by atoms with Crippen molar-refractivity contribution in [3.63, 3.8) is 0 Å². The predicted octanol–water partition coefficient (Wildman–Crippen LogP) is 7.50. The van der Waals surface area contributed by atoms with Crippen molar-refractivity contribution in [1.82, 2.24) is 5.32 Å². The van der Waals surface area contributed by atoms with Crippen molar-refractivity contribution in [2.75, 3.05) is 16.4 Å². The number of carbonyl (C=O) groups excluding carboxylic acids is 3. The standard InChI is InChI=1S/C38H31N3O5S/c1-25-12-15-30(38(45)46)23-33(25)40-35(42)24-47-32-20-18-31(19-21-32)39-37(44)34(41-36(43)29-10-6-3-7-11-29)22-26-13-16-28(17-14-26)27-8-4-2-5-9-27/h2-23H,24H2,1H3,(H,39,44)(H,40,42)(H,41,43)(H,45,46)/b34-22-. The Hall–Kier alpha value is -5.93. The van der Waals surface area contributed by atoms with Gasteiger partial charge in [-0.15, -0.1) is 11.8 Å². The highest BCUT2D eigenvalue weighted by atomic mass is 32.2. The summed E-state index contributed by atoms with van der Waals surface area (Å²) in [6, 6.07) is 37.8. The Morgan fingerprint density at radius 2 is 1.34 bits per heavy atom. The lowest BCUT2D eigenvalue weighted by Gasteiger charge is -2.12. The highest BCUT2D eigenvalue weighted by Crippen LogP contribution is 2.23. The molecule has 9 heteroatoms. The molecule has 0 spiro atoms. The molecule has 8 nitrogen and oxygen atoms in total. The summed E-state index contributed by atoms with van der Waals surface area (Å²) in [5.41, 5.74) is 5.12. The lowest BCUT2D eigenvalue weighted by atomic mass is 10.0. The van der Waals surface area contributed by atoms with Crippen LogP contribution in [0.1, 0.15) is 31.8 Å². The molecule has 4 N–H and O–H groups in total. The summed E-state index contributed by atoms with van der Waals surface area (Å²) in [6.07, 6.45) is 1.63. The van der Waals surface area contributed by atoms with Crippen LogP contribution >= 0.6 is 11.8 Å². The molecular weight excluding hydrogens is 611 g/mol. The van der Waals surface area contributed by atoms with Gasteiger partial charge < -0.3 is 21.1 Å². The predicted molar refractivity (Wildman–Crippen MR) is 186 cm³/mol. The van der Waals surface area contributed by atoms with Crippen molar-refractivity contribution >= 4 is 52.9 Å². The zero-order valence-corrected chi connectivity index (χ0v) is 26.2. The molecule has 0 atom stereocenters. The fourth-order valence-corrected chi connectivity index (χ4v) is 5.27. The molecule has 0 bridgehead atoms. The van der Waals surface area contributed by atoms with Gasteiger partial charge in [0.1, 0.15) is 5.70 Å². The number of carboxylic acid groups (broad SMARTS) is 1. The van der Waals surface area contributed by atoms with E-state index in [0.29, 0.717) is 16.9 Å². The summed E-state index contributed by atoms with van der Waals surface area (Å²) in [5, 5.41) is 17.6. The minimum absolute atomic E-state index is 0.0729. The van der Waals surface area contributed by atoms with E-state index < -0.39 is 17.8 Å². The van der Waals surface area contributed by atoms with Crippen molar-refractivity contribution in [3.05, 3.63) is 155 Å². The molecule has 0 radical (unpaired) electrons. The fourth-order valence-electron chi connectivity index (χ4n) is 4.57. The number of carboxylic acids is 1. The van der Waals surface area contributed by atoms with Gasteiger partial charge in [-0.25, -0.2) is 4.79 Å². The van der Waals surface area contributed by atoms with Gasteiger partial charge in [0.25, 0.3) is 11.8 Å². The third-order valence-corrected chi connectivity index (χ3v) is 8.11. The molecule has 5 aromatic carbocycles. The number of hydrogen-bond donors (Lipinski definition) is 4. The second kappa shape index (κ2) is 15.4. The maximum atomic E-state index is 13.5. The molecule has 0 saturated carbocycles. The molecule has 5 aromatic rings. The molecule has 0 heterocycles. The highest BCUT2D eigenvalue weighted by molar-refractivity contribution is 8.00. The second-order valence-corrected chi connectivity index (χ2v) is 11.6. The molecule has 0 aliphatic rings. The van der Waals surface area contributed by atoms with Crippen molar-refractivity contribution in [3.8, 4) is 11.1 Å². The van der Waals surface area contributed by atoms with Crippen LogP contribution in [-0.4, -0.2) is 34.6 Å². The van der Waals surface area contributed by atoms with E-state index >= 15 is 0 Å². The number of rotatable bonds is 11. The smallest absolute Gasteiger partial charge is 0.335 e. The second-order valence-electron chi connectivity index (χ2n) is 10.5. The van der Waals surface area contributed by atoms with Crippen molar-refractivity contribution in [2.45, 2.75) is 11.8 Å². The SMILES string of the molecule is Cc1ccc(C(=O)O)cc1NC(=O)CSc1ccc(NC(=O)/C(=C/c2ccc(-c3ccccc3)cc2)NC(=O)c2ccccc2)cc1. The summed E-state index contributed by atoms with van der Waals surface area (Å²) >= 11 is 1.30. The lowest BCUT2D eigenvalue weighted by Crippen LogP contribution is -2.30. The maximum Gasteiger partial charge on any atom is 0.335 e. The first-order valence-corrected chi connectivity index (χ1v) is 15.7. The molecule has 0 fully saturated rings. The molecule has 0 unspecified atom stereocenters. The molecule has 5 rings (SSSR count). The topological polar surface area (TPSA) is 125 Å². The summed E-state index contributed by atoms with van der Waals surface area (Å²) < 4.78 is 0. The van der Waals surface area contributed by atoms with Crippen LogP contribution in [0.3, 0.4) is 0 Å². The number of benzene rings is 5. The van der Waals surface area contributed by atoms with E-state index in [9.17, 15) is 24.3 Å². The highest BCUT2D eigenvalue weighted by Gasteiger charge is 2.16. The Morgan fingerprint density at radius 3 is 2.00 bits per heavy atom. The van der Waals surface area contributed by atoms with E-state index in [0.717, 1.165) is 27.1 Å². The number of amides is 3. The van der Waals surface area contributed by atoms with E-state index in [1.165, 1.54) is 23.9 Å². The summed E-state index contributed by atoms with van der Waals surface area (Å²) in [6.45, 7) is 1.79. The van der Waals surface area contributed by atoms with Gasteiger partial charge in [-0.05, 0) is 83.8 Å². The maximum absolute atomic E-state index is 13.5. The van der Waals surface area contributed by atoms with Crippen LogP contribution in [0.15, 0.2) is 138 Å². The monoisotopic (exact) mass is 641 g/mol. The third kappa shape index (κ3) is 9.06. The Balaban J connectivity index is 1.25. The summed E-state index contributed by atoms with van der Waals surface area (Å²) in [5.74, 6) is -2.16.